The first-order valence-electron chi connectivity index (χ1n) is 4.86. The van der Waals surface area contributed by atoms with Crippen molar-refractivity contribution in [3.05, 3.63) is 47.8 Å². The number of rotatable bonds is 6. The highest BCUT2D eigenvalue weighted by Gasteiger charge is 2.00. The number of hydrogen-bond acceptors (Lipinski definition) is 2. The number of likely N-dealkylation sites (N-methyl/N-ethyl adjacent to an activating group) is 1. The second-order valence-electron chi connectivity index (χ2n) is 3.36. The Morgan fingerprint density at radius 1 is 1.47 bits per heavy atom. The highest BCUT2D eigenvalue weighted by atomic mass is 19.1. The Morgan fingerprint density at radius 3 is 2.87 bits per heavy atom. The Labute approximate surface area is 89.8 Å². The minimum absolute atomic E-state index is 0.225. The van der Waals surface area contributed by atoms with Crippen molar-refractivity contribution in [1.82, 2.24) is 5.32 Å². The molecule has 0 saturated carbocycles. The van der Waals surface area contributed by atoms with Gasteiger partial charge in [-0.15, -0.1) is 0 Å². The minimum atomic E-state index is -0.225. The van der Waals surface area contributed by atoms with E-state index < -0.39 is 0 Å². The average Bonchev–Trinajstić information content (AvgIpc) is 2.21. The maximum absolute atomic E-state index is 13.1. The van der Waals surface area contributed by atoms with Crippen LogP contribution in [0, 0.1) is 5.82 Å². The van der Waals surface area contributed by atoms with E-state index in [-0.39, 0.29) is 12.4 Å². The van der Waals surface area contributed by atoms with Crippen LogP contribution in [0.25, 0.3) is 0 Å². The van der Waals surface area contributed by atoms with Crippen molar-refractivity contribution in [3.63, 3.8) is 0 Å². The van der Waals surface area contributed by atoms with Crippen molar-refractivity contribution >= 4 is 0 Å². The Balaban J connectivity index is 2.32. The van der Waals surface area contributed by atoms with Gasteiger partial charge in [0.05, 0.1) is 13.2 Å². The number of nitrogens with one attached hydrogen (secondary N) is 1. The van der Waals surface area contributed by atoms with Crippen LogP contribution >= 0.6 is 0 Å². The van der Waals surface area contributed by atoms with Gasteiger partial charge in [-0.25, -0.2) is 4.39 Å². The van der Waals surface area contributed by atoms with Crippen LogP contribution in [0.4, 0.5) is 4.39 Å². The van der Waals surface area contributed by atoms with Crippen molar-refractivity contribution in [2.24, 2.45) is 0 Å². The molecule has 0 spiro atoms. The fraction of sp³-hybridized carbons (Fsp3) is 0.333. The number of halogens is 1. The van der Waals surface area contributed by atoms with Crippen LogP contribution in [0.3, 0.4) is 0 Å². The van der Waals surface area contributed by atoms with Gasteiger partial charge in [0.15, 0.2) is 0 Å². The molecule has 1 aromatic carbocycles. The molecule has 1 aromatic rings. The lowest BCUT2D eigenvalue weighted by molar-refractivity contribution is 0.139. The second-order valence-corrected chi connectivity index (χ2v) is 3.36. The van der Waals surface area contributed by atoms with Crippen LogP contribution in [0.2, 0.25) is 0 Å². The highest BCUT2D eigenvalue weighted by molar-refractivity contribution is 5.16. The standard InChI is InChI=1S/C12H16FNO/c1-10(7-14-2)8-15-9-11-5-3-4-6-12(11)13/h3-6,14H,1,7-9H2,2H3. The molecule has 1 rings (SSSR count). The summed E-state index contributed by atoms with van der Waals surface area (Å²) < 4.78 is 18.5. The van der Waals surface area contributed by atoms with Gasteiger partial charge in [-0.1, -0.05) is 24.8 Å². The Morgan fingerprint density at radius 2 is 2.20 bits per heavy atom. The topological polar surface area (TPSA) is 21.3 Å². The maximum atomic E-state index is 13.1. The Kier molecular flexibility index (Phi) is 5.01. The number of hydrogen-bond donors (Lipinski definition) is 1. The smallest absolute Gasteiger partial charge is 0.128 e. The minimum Gasteiger partial charge on any atom is -0.372 e. The summed E-state index contributed by atoms with van der Waals surface area (Å²) in [6, 6.07) is 6.61. The molecule has 0 radical (unpaired) electrons. The zero-order valence-corrected chi connectivity index (χ0v) is 8.92. The summed E-state index contributed by atoms with van der Waals surface area (Å²) in [5.74, 6) is -0.225. The first-order chi connectivity index (χ1) is 7.24. The van der Waals surface area contributed by atoms with E-state index in [0.717, 1.165) is 12.1 Å². The van der Waals surface area contributed by atoms with Gasteiger partial charge in [0.25, 0.3) is 0 Å². The van der Waals surface area contributed by atoms with E-state index in [0.29, 0.717) is 12.2 Å². The molecule has 2 nitrogen and oxygen atoms in total. The van der Waals surface area contributed by atoms with Crippen molar-refractivity contribution in [2.75, 3.05) is 20.2 Å². The summed E-state index contributed by atoms with van der Waals surface area (Å²) in [5, 5.41) is 2.97. The van der Waals surface area contributed by atoms with Crippen LogP contribution in [0.5, 0.6) is 0 Å². The van der Waals surface area contributed by atoms with Crippen molar-refractivity contribution in [1.29, 1.82) is 0 Å². The van der Waals surface area contributed by atoms with E-state index in [1.165, 1.54) is 6.07 Å². The van der Waals surface area contributed by atoms with Crippen LogP contribution < -0.4 is 5.32 Å². The first-order valence-corrected chi connectivity index (χ1v) is 4.86. The molecule has 0 unspecified atom stereocenters. The molecule has 0 aliphatic heterocycles. The van der Waals surface area contributed by atoms with Gasteiger partial charge in [0.1, 0.15) is 5.82 Å². The maximum Gasteiger partial charge on any atom is 0.128 e. The van der Waals surface area contributed by atoms with Crippen LogP contribution in [-0.4, -0.2) is 20.2 Å². The third kappa shape index (κ3) is 4.23. The van der Waals surface area contributed by atoms with Gasteiger partial charge in [-0.2, -0.15) is 0 Å². The van der Waals surface area contributed by atoms with Gasteiger partial charge in [-0.05, 0) is 18.7 Å². The third-order valence-corrected chi connectivity index (χ3v) is 1.95. The fourth-order valence-electron chi connectivity index (χ4n) is 1.22. The molecule has 0 heterocycles. The van der Waals surface area contributed by atoms with Crippen molar-refractivity contribution in [2.45, 2.75) is 6.61 Å². The van der Waals surface area contributed by atoms with Crippen molar-refractivity contribution < 1.29 is 9.13 Å². The van der Waals surface area contributed by atoms with E-state index in [1.54, 1.807) is 18.2 Å². The van der Waals surface area contributed by atoms with Gasteiger partial charge in [0.2, 0.25) is 0 Å². The zero-order valence-electron chi connectivity index (χ0n) is 8.92. The van der Waals surface area contributed by atoms with Gasteiger partial charge < -0.3 is 10.1 Å². The molecule has 0 aliphatic rings. The zero-order chi connectivity index (χ0) is 11.1. The van der Waals surface area contributed by atoms with Crippen LogP contribution in [0.15, 0.2) is 36.4 Å². The number of ether oxygens (including phenoxy) is 1. The molecular formula is C12H16FNO. The predicted octanol–water partition coefficient (Wildman–Crippen LogP) is 2.12. The quantitative estimate of drug-likeness (QED) is 0.725. The lowest BCUT2D eigenvalue weighted by Gasteiger charge is -2.07. The molecule has 0 bridgehead atoms. The van der Waals surface area contributed by atoms with E-state index >= 15 is 0 Å². The highest BCUT2D eigenvalue weighted by Crippen LogP contribution is 2.07. The molecule has 82 valence electrons. The summed E-state index contributed by atoms with van der Waals surface area (Å²) in [7, 11) is 1.85. The SMILES string of the molecule is C=C(CNC)COCc1ccccc1F. The lowest BCUT2D eigenvalue weighted by Crippen LogP contribution is -2.13. The Bertz CT molecular complexity index is 325. The molecule has 0 saturated heterocycles. The first kappa shape index (κ1) is 11.9. The van der Waals surface area contributed by atoms with E-state index in [9.17, 15) is 4.39 Å². The third-order valence-electron chi connectivity index (χ3n) is 1.95. The molecule has 1 N–H and O–H groups in total. The molecule has 0 aromatic heterocycles. The van der Waals surface area contributed by atoms with Crippen LogP contribution in [-0.2, 0) is 11.3 Å². The van der Waals surface area contributed by atoms with Crippen LogP contribution in [0.1, 0.15) is 5.56 Å². The summed E-state index contributed by atoms with van der Waals surface area (Å²) in [5.41, 5.74) is 1.53. The Hall–Kier alpha value is -1.19. The van der Waals surface area contributed by atoms with E-state index in [2.05, 4.69) is 11.9 Å². The van der Waals surface area contributed by atoms with E-state index in [4.69, 9.17) is 4.74 Å². The summed E-state index contributed by atoms with van der Waals surface area (Å²) in [4.78, 5) is 0. The summed E-state index contributed by atoms with van der Waals surface area (Å²) in [6.45, 7) is 5.28. The molecule has 15 heavy (non-hydrogen) atoms. The summed E-state index contributed by atoms with van der Waals surface area (Å²) in [6.07, 6.45) is 0. The molecule has 0 fully saturated rings. The molecule has 3 heteroatoms. The second kappa shape index (κ2) is 6.32. The molecular weight excluding hydrogens is 193 g/mol. The molecule has 0 aliphatic carbocycles. The largest absolute Gasteiger partial charge is 0.372 e. The molecule has 0 amide bonds. The number of benzene rings is 1. The van der Waals surface area contributed by atoms with Gasteiger partial charge in [-0.3, -0.25) is 0 Å². The monoisotopic (exact) mass is 209 g/mol. The average molecular weight is 209 g/mol. The fourth-order valence-corrected chi connectivity index (χ4v) is 1.22. The lowest BCUT2D eigenvalue weighted by atomic mass is 10.2. The van der Waals surface area contributed by atoms with E-state index in [1.807, 2.05) is 7.05 Å². The molecule has 0 atom stereocenters. The summed E-state index contributed by atoms with van der Waals surface area (Å²) >= 11 is 0. The van der Waals surface area contributed by atoms with Gasteiger partial charge in [0, 0.05) is 12.1 Å². The predicted molar refractivity (Wildman–Crippen MR) is 59.1 cm³/mol. The van der Waals surface area contributed by atoms with Gasteiger partial charge >= 0.3 is 0 Å². The van der Waals surface area contributed by atoms with Crippen molar-refractivity contribution in [3.8, 4) is 0 Å². The normalized spacial score (nSPS) is 10.3.